The molecule has 2 atom stereocenters. The zero-order chi connectivity index (χ0) is 17.6. The number of benzene rings is 1. The van der Waals surface area contributed by atoms with E-state index in [1.165, 1.54) is 12.1 Å². The average molecular weight is 342 g/mol. The molecule has 5 heteroatoms. The summed E-state index contributed by atoms with van der Waals surface area (Å²) in [5, 5.41) is 0. The lowest BCUT2D eigenvalue weighted by molar-refractivity contribution is -0.132. The van der Waals surface area contributed by atoms with Crippen LogP contribution in [0.5, 0.6) is 0 Å². The maximum Gasteiger partial charge on any atom is 0.223 e. The molecule has 4 nitrogen and oxygen atoms in total. The summed E-state index contributed by atoms with van der Waals surface area (Å²) in [7, 11) is 1.79. The molecule has 1 aliphatic heterocycles. The van der Waals surface area contributed by atoms with E-state index >= 15 is 0 Å². The van der Waals surface area contributed by atoms with Gasteiger partial charge in [-0.1, -0.05) is 18.2 Å². The Morgan fingerprint density at radius 1 is 1.32 bits per heavy atom. The molecule has 1 aliphatic rings. The van der Waals surface area contributed by atoms with Gasteiger partial charge in [0.25, 0.3) is 0 Å². The van der Waals surface area contributed by atoms with Crippen molar-refractivity contribution in [3.05, 3.63) is 65.7 Å². The Kier molecular flexibility index (Phi) is 5.76. The van der Waals surface area contributed by atoms with Gasteiger partial charge >= 0.3 is 0 Å². The number of amides is 1. The second-order valence-electron chi connectivity index (χ2n) is 6.42. The summed E-state index contributed by atoms with van der Waals surface area (Å²) < 4.78 is 18.9. The molecule has 1 amide bonds. The van der Waals surface area contributed by atoms with Crippen LogP contribution in [0.3, 0.4) is 0 Å². The first-order valence-electron chi connectivity index (χ1n) is 8.68. The number of hydrogen-bond donors (Lipinski definition) is 0. The van der Waals surface area contributed by atoms with Crippen LogP contribution in [0, 0.1) is 5.82 Å². The number of hydrogen-bond acceptors (Lipinski definition) is 3. The minimum Gasteiger partial charge on any atom is -0.378 e. The highest BCUT2D eigenvalue weighted by Crippen LogP contribution is 2.28. The third kappa shape index (κ3) is 4.42. The molecule has 3 rings (SSSR count). The van der Waals surface area contributed by atoms with Crippen LogP contribution >= 0.6 is 0 Å². The third-order valence-electron chi connectivity index (χ3n) is 4.67. The van der Waals surface area contributed by atoms with E-state index in [0.29, 0.717) is 6.42 Å². The molecule has 25 heavy (non-hydrogen) atoms. The van der Waals surface area contributed by atoms with Gasteiger partial charge < -0.3 is 9.64 Å². The van der Waals surface area contributed by atoms with Crippen LogP contribution in [0.1, 0.15) is 42.9 Å². The molecule has 132 valence electrons. The molecule has 0 N–H and O–H groups in total. The van der Waals surface area contributed by atoms with Crippen molar-refractivity contribution in [3.8, 4) is 0 Å². The van der Waals surface area contributed by atoms with E-state index in [9.17, 15) is 9.18 Å². The second kappa shape index (κ2) is 8.21. The van der Waals surface area contributed by atoms with Crippen molar-refractivity contribution in [2.45, 2.75) is 37.8 Å². The monoisotopic (exact) mass is 342 g/mol. The van der Waals surface area contributed by atoms with Crippen molar-refractivity contribution in [2.24, 2.45) is 0 Å². The Hall–Kier alpha value is -2.27. The van der Waals surface area contributed by atoms with Crippen molar-refractivity contribution in [1.29, 1.82) is 0 Å². The summed E-state index contributed by atoms with van der Waals surface area (Å²) in [4.78, 5) is 18.6. The number of rotatable bonds is 6. The van der Waals surface area contributed by atoms with Gasteiger partial charge in [-0.15, -0.1) is 0 Å². The topological polar surface area (TPSA) is 42.4 Å². The van der Waals surface area contributed by atoms with Gasteiger partial charge in [0.2, 0.25) is 5.91 Å². The summed E-state index contributed by atoms with van der Waals surface area (Å²) in [6.45, 7) is 0.794. The Balaban J connectivity index is 1.78. The molecule has 2 heterocycles. The van der Waals surface area contributed by atoms with E-state index < -0.39 is 0 Å². The van der Waals surface area contributed by atoms with Gasteiger partial charge in [-0.2, -0.15) is 0 Å². The average Bonchev–Trinajstić information content (AvgIpc) is 3.16. The normalized spacial score (nSPS) is 18.1. The lowest BCUT2D eigenvalue weighted by Gasteiger charge is -2.29. The fraction of sp³-hybridized carbons (Fsp3) is 0.400. The zero-order valence-corrected chi connectivity index (χ0v) is 14.4. The van der Waals surface area contributed by atoms with E-state index in [0.717, 1.165) is 37.0 Å². The number of nitrogens with zero attached hydrogens (tertiary/aromatic N) is 2. The van der Waals surface area contributed by atoms with Crippen LogP contribution in [-0.2, 0) is 9.53 Å². The number of pyridine rings is 1. The number of carbonyl (C=O) groups is 1. The molecular formula is C20H23FN2O2. The first-order chi connectivity index (χ1) is 12.1. The lowest BCUT2D eigenvalue weighted by atomic mass is 9.98. The highest BCUT2D eigenvalue weighted by molar-refractivity contribution is 5.77. The molecule has 0 aliphatic carbocycles. The summed E-state index contributed by atoms with van der Waals surface area (Å²) in [5.41, 5.74) is 1.77. The van der Waals surface area contributed by atoms with Crippen molar-refractivity contribution in [1.82, 2.24) is 9.88 Å². The van der Waals surface area contributed by atoms with Gasteiger partial charge in [-0.05, 0) is 48.6 Å². The van der Waals surface area contributed by atoms with Gasteiger partial charge in [0.05, 0.1) is 12.1 Å². The number of halogens is 1. The van der Waals surface area contributed by atoms with Gasteiger partial charge in [0, 0.05) is 32.5 Å². The summed E-state index contributed by atoms with van der Waals surface area (Å²) in [6.07, 6.45) is 6.93. The third-order valence-corrected chi connectivity index (χ3v) is 4.67. The highest BCUT2D eigenvalue weighted by atomic mass is 19.1. The standard InChI is InChI=1S/C20H23FN2O2/c1-23(19(24)11-10-18-5-3-13-25-18)20(16-4-2-12-22-14-16)15-6-8-17(21)9-7-15/h2,4,6-9,12,14,18,20H,3,5,10-11,13H2,1H3/t18-,20?/m1/s1. The minimum atomic E-state index is -0.291. The Morgan fingerprint density at radius 3 is 2.76 bits per heavy atom. The summed E-state index contributed by atoms with van der Waals surface area (Å²) >= 11 is 0. The van der Waals surface area contributed by atoms with Crippen LogP contribution in [0.2, 0.25) is 0 Å². The summed E-state index contributed by atoms with van der Waals surface area (Å²) in [5.74, 6) is -0.241. The highest BCUT2D eigenvalue weighted by Gasteiger charge is 2.25. The van der Waals surface area contributed by atoms with E-state index in [1.807, 2.05) is 12.1 Å². The Labute approximate surface area is 147 Å². The van der Waals surface area contributed by atoms with Crippen molar-refractivity contribution in [3.63, 3.8) is 0 Å². The molecular weight excluding hydrogens is 319 g/mol. The summed E-state index contributed by atoms with van der Waals surface area (Å²) in [6, 6.07) is 9.77. The first-order valence-corrected chi connectivity index (χ1v) is 8.68. The zero-order valence-electron chi connectivity index (χ0n) is 14.4. The first kappa shape index (κ1) is 17.5. The molecule has 0 spiro atoms. The second-order valence-corrected chi connectivity index (χ2v) is 6.42. The molecule has 2 aromatic rings. The van der Waals surface area contributed by atoms with Crippen molar-refractivity contribution < 1.29 is 13.9 Å². The molecule has 1 unspecified atom stereocenters. The Bertz CT molecular complexity index is 685. The van der Waals surface area contributed by atoms with E-state index in [4.69, 9.17) is 4.74 Å². The smallest absolute Gasteiger partial charge is 0.223 e. The molecule has 0 bridgehead atoms. The van der Waals surface area contributed by atoms with Gasteiger partial charge in [-0.25, -0.2) is 4.39 Å². The van der Waals surface area contributed by atoms with Crippen LogP contribution in [0.4, 0.5) is 4.39 Å². The molecule has 1 aromatic heterocycles. The van der Waals surface area contributed by atoms with E-state index in [1.54, 1.807) is 36.5 Å². The van der Waals surface area contributed by atoms with Crippen LogP contribution in [0.25, 0.3) is 0 Å². The predicted molar refractivity (Wildman–Crippen MR) is 93.5 cm³/mol. The maximum atomic E-state index is 13.3. The van der Waals surface area contributed by atoms with Gasteiger partial charge in [0.1, 0.15) is 5.82 Å². The van der Waals surface area contributed by atoms with Gasteiger partial charge in [-0.3, -0.25) is 9.78 Å². The molecule has 1 fully saturated rings. The maximum absolute atomic E-state index is 13.3. The van der Waals surface area contributed by atoms with E-state index in [2.05, 4.69) is 4.98 Å². The van der Waals surface area contributed by atoms with Crippen molar-refractivity contribution >= 4 is 5.91 Å². The van der Waals surface area contributed by atoms with Crippen LogP contribution in [0.15, 0.2) is 48.8 Å². The molecule has 1 aromatic carbocycles. The van der Waals surface area contributed by atoms with Crippen molar-refractivity contribution in [2.75, 3.05) is 13.7 Å². The quantitative estimate of drug-likeness (QED) is 0.803. The molecule has 1 saturated heterocycles. The van der Waals surface area contributed by atoms with Crippen LogP contribution < -0.4 is 0 Å². The predicted octanol–water partition coefficient (Wildman–Crippen LogP) is 3.73. The number of ether oxygens (including phenoxy) is 1. The fourth-order valence-electron chi connectivity index (χ4n) is 3.30. The SMILES string of the molecule is CN(C(=O)CC[C@H]1CCCO1)C(c1ccc(F)cc1)c1cccnc1. The lowest BCUT2D eigenvalue weighted by Crippen LogP contribution is -2.32. The molecule has 0 radical (unpaired) electrons. The van der Waals surface area contributed by atoms with Crippen LogP contribution in [-0.4, -0.2) is 35.5 Å². The van der Waals surface area contributed by atoms with Gasteiger partial charge in [0.15, 0.2) is 0 Å². The Morgan fingerprint density at radius 2 is 2.12 bits per heavy atom. The largest absolute Gasteiger partial charge is 0.378 e. The molecule has 0 saturated carbocycles. The number of aromatic nitrogens is 1. The fourth-order valence-corrected chi connectivity index (χ4v) is 3.30. The van der Waals surface area contributed by atoms with E-state index in [-0.39, 0.29) is 23.9 Å². The number of carbonyl (C=O) groups excluding carboxylic acids is 1. The minimum absolute atomic E-state index is 0.0497.